The zero-order chi connectivity index (χ0) is 14.6. The summed E-state index contributed by atoms with van der Waals surface area (Å²) in [6.45, 7) is 8.33. The van der Waals surface area contributed by atoms with Crippen LogP contribution in [0.2, 0.25) is 0 Å². The van der Waals surface area contributed by atoms with Crippen molar-refractivity contribution in [3.8, 4) is 0 Å². The Labute approximate surface area is 123 Å². The number of Topliss-reactive ketones (excluding diaryl/α,β-unsaturated/α-hetero) is 1. The SMILES string of the molecule is CCCC1(C(=O)Cc2c(C)cccc2C)CCCNC1. The topological polar surface area (TPSA) is 29.1 Å². The van der Waals surface area contributed by atoms with E-state index in [0.29, 0.717) is 12.2 Å². The first-order valence-electron chi connectivity index (χ1n) is 7.88. The molecular formula is C18H27NO. The number of carbonyl (C=O) groups is 1. The van der Waals surface area contributed by atoms with Crippen molar-refractivity contribution in [2.75, 3.05) is 13.1 Å². The third-order valence-corrected chi connectivity index (χ3v) is 4.77. The average Bonchev–Trinajstić information content (AvgIpc) is 2.44. The van der Waals surface area contributed by atoms with E-state index in [1.54, 1.807) is 0 Å². The van der Waals surface area contributed by atoms with Crippen molar-refractivity contribution in [2.24, 2.45) is 5.41 Å². The second kappa shape index (κ2) is 6.53. The smallest absolute Gasteiger partial charge is 0.144 e. The fraction of sp³-hybridized carbons (Fsp3) is 0.611. The summed E-state index contributed by atoms with van der Waals surface area (Å²) >= 11 is 0. The Morgan fingerprint density at radius 2 is 2.00 bits per heavy atom. The summed E-state index contributed by atoms with van der Waals surface area (Å²) in [4.78, 5) is 12.9. The molecule has 1 atom stereocenters. The summed E-state index contributed by atoms with van der Waals surface area (Å²) in [5, 5.41) is 3.44. The zero-order valence-electron chi connectivity index (χ0n) is 13.1. The summed E-state index contributed by atoms with van der Waals surface area (Å²) in [6, 6.07) is 6.30. The van der Waals surface area contributed by atoms with Crippen LogP contribution in [0, 0.1) is 19.3 Å². The predicted octanol–water partition coefficient (Wildman–Crippen LogP) is 3.58. The minimum atomic E-state index is -0.123. The maximum Gasteiger partial charge on any atom is 0.144 e. The molecule has 1 N–H and O–H groups in total. The van der Waals surface area contributed by atoms with Crippen LogP contribution in [0.25, 0.3) is 0 Å². The Hall–Kier alpha value is -1.15. The largest absolute Gasteiger partial charge is 0.316 e. The zero-order valence-corrected chi connectivity index (χ0v) is 13.1. The van der Waals surface area contributed by atoms with Gasteiger partial charge in [0.05, 0.1) is 0 Å². The summed E-state index contributed by atoms with van der Waals surface area (Å²) in [5.74, 6) is 0.434. The molecule has 20 heavy (non-hydrogen) atoms. The van der Waals surface area contributed by atoms with Crippen molar-refractivity contribution < 1.29 is 4.79 Å². The number of aryl methyl sites for hydroxylation is 2. The lowest BCUT2D eigenvalue weighted by molar-refractivity contribution is -0.129. The molecule has 1 aliphatic heterocycles. The molecule has 1 saturated heterocycles. The van der Waals surface area contributed by atoms with Gasteiger partial charge in [-0.1, -0.05) is 31.5 Å². The second-order valence-electron chi connectivity index (χ2n) is 6.28. The lowest BCUT2D eigenvalue weighted by Gasteiger charge is -2.36. The van der Waals surface area contributed by atoms with E-state index in [4.69, 9.17) is 0 Å². The lowest BCUT2D eigenvalue weighted by atomic mass is 9.71. The number of benzene rings is 1. The number of piperidine rings is 1. The summed E-state index contributed by atoms with van der Waals surface area (Å²) < 4.78 is 0. The molecule has 1 aromatic carbocycles. The van der Waals surface area contributed by atoms with E-state index in [1.807, 2.05) is 0 Å². The van der Waals surface area contributed by atoms with Gasteiger partial charge in [0, 0.05) is 18.4 Å². The maximum atomic E-state index is 12.9. The first kappa shape index (κ1) is 15.2. The van der Waals surface area contributed by atoms with Crippen LogP contribution < -0.4 is 5.32 Å². The second-order valence-corrected chi connectivity index (χ2v) is 6.28. The van der Waals surface area contributed by atoms with Crippen molar-refractivity contribution in [1.82, 2.24) is 5.32 Å². The van der Waals surface area contributed by atoms with Gasteiger partial charge in [0.1, 0.15) is 5.78 Å². The van der Waals surface area contributed by atoms with E-state index in [-0.39, 0.29) is 5.41 Å². The molecule has 0 spiro atoms. The van der Waals surface area contributed by atoms with Gasteiger partial charge >= 0.3 is 0 Å². The van der Waals surface area contributed by atoms with Crippen LogP contribution >= 0.6 is 0 Å². The molecule has 110 valence electrons. The number of hydrogen-bond donors (Lipinski definition) is 1. The van der Waals surface area contributed by atoms with Crippen LogP contribution in [0.4, 0.5) is 0 Å². The van der Waals surface area contributed by atoms with Gasteiger partial charge in [-0.05, 0) is 56.3 Å². The van der Waals surface area contributed by atoms with Crippen molar-refractivity contribution in [2.45, 2.75) is 52.9 Å². The lowest BCUT2D eigenvalue weighted by Crippen LogP contribution is -2.46. The van der Waals surface area contributed by atoms with Crippen LogP contribution in [-0.2, 0) is 11.2 Å². The third kappa shape index (κ3) is 3.12. The molecule has 0 aromatic heterocycles. The molecule has 2 heteroatoms. The van der Waals surface area contributed by atoms with E-state index in [9.17, 15) is 4.79 Å². The molecule has 0 bridgehead atoms. The molecular weight excluding hydrogens is 246 g/mol. The van der Waals surface area contributed by atoms with Crippen molar-refractivity contribution in [3.05, 3.63) is 34.9 Å². The van der Waals surface area contributed by atoms with E-state index in [1.165, 1.54) is 16.7 Å². The molecule has 1 heterocycles. The Balaban J connectivity index is 2.20. The highest BCUT2D eigenvalue weighted by atomic mass is 16.1. The van der Waals surface area contributed by atoms with Gasteiger partial charge in [0.2, 0.25) is 0 Å². The Kier molecular flexibility index (Phi) is 4.98. The third-order valence-electron chi connectivity index (χ3n) is 4.77. The standard InChI is InChI=1S/C18H27NO/c1-4-9-18(10-6-11-19-13-18)17(20)12-16-14(2)7-5-8-15(16)3/h5,7-8,19H,4,6,9-13H2,1-3H3. The maximum absolute atomic E-state index is 12.9. The summed E-state index contributed by atoms with van der Waals surface area (Å²) in [6.07, 6.45) is 4.88. The number of nitrogens with one attached hydrogen (secondary N) is 1. The fourth-order valence-corrected chi connectivity index (χ4v) is 3.51. The highest BCUT2D eigenvalue weighted by Gasteiger charge is 2.38. The first-order chi connectivity index (χ1) is 9.59. The molecule has 2 rings (SSSR count). The molecule has 1 aliphatic rings. The Morgan fingerprint density at radius 1 is 1.30 bits per heavy atom. The van der Waals surface area contributed by atoms with Crippen LogP contribution in [0.5, 0.6) is 0 Å². The molecule has 1 fully saturated rings. The predicted molar refractivity (Wildman–Crippen MR) is 84.1 cm³/mol. The average molecular weight is 273 g/mol. The van der Waals surface area contributed by atoms with Crippen LogP contribution in [0.1, 0.15) is 49.3 Å². The molecule has 1 unspecified atom stereocenters. The van der Waals surface area contributed by atoms with Gasteiger partial charge in [-0.15, -0.1) is 0 Å². The number of ketones is 1. The van der Waals surface area contributed by atoms with E-state index in [0.717, 1.165) is 38.8 Å². The normalized spacial score (nSPS) is 22.8. The molecule has 2 nitrogen and oxygen atoms in total. The minimum absolute atomic E-state index is 0.123. The monoisotopic (exact) mass is 273 g/mol. The van der Waals surface area contributed by atoms with Crippen LogP contribution in [0.15, 0.2) is 18.2 Å². The summed E-state index contributed by atoms with van der Waals surface area (Å²) in [5.41, 5.74) is 3.60. The van der Waals surface area contributed by atoms with Crippen LogP contribution in [0.3, 0.4) is 0 Å². The Morgan fingerprint density at radius 3 is 2.55 bits per heavy atom. The van der Waals surface area contributed by atoms with Gasteiger partial charge in [-0.2, -0.15) is 0 Å². The molecule has 0 saturated carbocycles. The highest BCUT2D eigenvalue weighted by Crippen LogP contribution is 2.34. The number of rotatable bonds is 5. The molecule has 0 amide bonds. The fourth-order valence-electron chi connectivity index (χ4n) is 3.51. The van der Waals surface area contributed by atoms with Gasteiger partial charge in [-0.3, -0.25) is 4.79 Å². The molecule has 0 radical (unpaired) electrons. The summed E-state index contributed by atoms with van der Waals surface area (Å²) in [7, 11) is 0. The van der Waals surface area contributed by atoms with Gasteiger partial charge < -0.3 is 5.32 Å². The van der Waals surface area contributed by atoms with E-state index >= 15 is 0 Å². The van der Waals surface area contributed by atoms with E-state index < -0.39 is 0 Å². The number of hydrogen-bond acceptors (Lipinski definition) is 2. The van der Waals surface area contributed by atoms with Crippen molar-refractivity contribution in [3.63, 3.8) is 0 Å². The van der Waals surface area contributed by atoms with Gasteiger partial charge in [-0.25, -0.2) is 0 Å². The van der Waals surface area contributed by atoms with Gasteiger partial charge in [0.25, 0.3) is 0 Å². The van der Waals surface area contributed by atoms with Crippen molar-refractivity contribution in [1.29, 1.82) is 0 Å². The number of carbonyl (C=O) groups excluding carboxylic acids is 1. The van der Waals surface area contributed by atoms with Crippen LogP contribution in [-0.4, -0.2) is 18.9 Å². The first-order valence-corrected chi connectivity index (χ1v) is 7.88. The quantitative estimate of drug-likeness (QED) is 0.888. The minimum Gasteiger partial charge on any atom is -0.316 e. The highest BCUT2D eigenvalue weighted by molar-refractivity contribution is 5.87. The van der Waals surface area contributed by atoms with Gasteiger partial charge in [0.15, 0.2) is 0 Å². The van der Waals surface area contributed by atoms with Crippen molar-refractivity contribution >= 4 is 5.78 Å². The molecule has 1 aromatic rings. The van der Waals surface area contributed by atoms with E-state index in [2.05, 4.69) is 44.3 Å². The Bertz CT molecular complexity index is 447. The molecule has 0 aliphatic carbocycles.